The fourth-order valence-electron chi connectivity index (χ4n) is 3.60. The molecule has 3 aromatic rings. The van der Waals surface area contributed by atoms with Gasteiger partial charge in [0, 0.05) is 31.3 Å². The van der Waals surface area contributed by atoms with Crippen molar-refractivity contribution in [1.82, 2.24) is 20.1 Å². The second-order valence-corrected chi connectivity index (χ2v) is 9.09. The van der Waals surface area contributed by atoms with Crippen LogP contribution in [-0.4, -0.2) is 42.7 Å². The molecule has 34 heavy (non-hydrogen) atoms. The normalized spacial score (nSPS) is 13.9. The van der Waals surface area contributed by atoms with Crippen LogP contribution in [-0.2, 0) is 29.2 Å². The molecule has 0 fully saturated rings. The summed E-state index contributed by atoms with van der Waals surface area (Å²) < 4.78 is 75.6. The van der Waals surface area contributed by atoms with Crippen molar-refractivity contribution in [2.75, 3.05) is 18.4 Å². The molecule has 0 bridgehead atoms. The van der Waals surface area contributed by atoms with Crippen LogP contribution < -0.4 is 14.8 Å². The Balaban J connectivity index is 1.77. The number of aromatic nitrogens is 3. The van der Waals surface area contributed by atoms with Gasteiger partial charge in [0.2, 0.25) is 0 Å². The van der Waals surface area contributed by atoms with Gasteiger partial charge in [-0.1, -0.05) is 6.07 Å². The van der Waals surface area contributed by atoms with E-state index in [9.17, 15) is 26.4 Å². The van der Waals surface area contributed by atoms with Gasteiger partial charge in [0.05, 0.1) is 30.3 Å². The molecule has 1 aromatic carbocycles. The zero-order chi connectivity index (χ0) is 24.7. The second-order valence-electron chi connectivity index (χ2n) is 7.44. The fourth-order valence-corrected chi connectivity index (χ4v) is 4.83. The number of alkyl halides is 3. The third-order valence-electron chi connectivity index (χ3n) is 5.23. The number of carbonyl (C=O) groups excluding carboxylic acids is 1. The zero-order valence-electron chi connectivity index (χ0n) is 18.1. The number of pyridine rings is 1. The number of hydrogen-bond donors (Lipinski definition) is 2. The summed E-state index contributed by atoms with van der Waals surface area (Å²) in [5, 5.41) is 6.23. The Morgan fingerprint density at radius 2 is 2.00 bits per heavy atom. The first-order chi connectivity index (χ1) is 16.0. The van der Waals surface area contributed by atoms with Crippen LogP contribution in [0.25, 0.3) is 11.1 Å². The number of nitrogens with one attached hydrogen (secondary N) is 2. The van der Waals surface area contributed by atoms with E-state index in [0.717, 1.165) is 10.7 Å². The third-order valence-corrected chi connectivity index (χ3v) is 6.64. The highest BCUT2D eigenvalue weighted by Crippen LogP contribution is 2.38. The van der Waals surface area contributed by atoms with Crippen molar-refractivity contribution in [3.8, 4) is 16.9 Å². The molecule has 9 nitrogen and oxygen atoms in total. The number of methoxy groups -OCH3 is 1. The lowest BCUT2D eigenvalue weighted by Gasteiger charge is -2.17. The lowest BCUT2D eigenvalue weighted by molar-refractivity contribution is -0.141. The Morgan fingerprint density at radius 1 is 1.24 bits per heavy atom. The highest BCUT2D eigenvalue weighted by Gasteiger charge is 2.38. The first-order valence-electron chi connectivity index (χ1n) is 10.2. The highest BCUT2D eigenvalue weighted by molar-refractivity contribution is 7.92. The van der Waals surface area contributed by atoms with Gasteiger partial charge in [-0.25, -0.2) is 8.42 Å². The molecule has 180 valence electrons. The van der Waals surface area contributed by atoms with Crippen LogP contribution in [0.1, 0.15) is 28.7 Å². The number of nitrogens with zero attached hydrogens (tertiary/aromatic N) is 3. The molecule has 1 aliphatic rings. The van der Waals surface area contributed by atoms with Gasteiger partial charge in [-0.15, -0.1) is 0 Å². The molecule has 0 unspecified atom stereocenters. The fraction of sp³-hybridized carbons (Fsp3) is 0.286. The van der Waals surface area contributed by atoms with Crippen LogP contribution in [0.5, 0.6) is 5.75 Å². The number of carbonyl (C=O) groups is 1. The van der Waals surface area contributed by atoms with Gasteiger partial charge in [0.25, 0.3) is 15.9 Å². The predicted octanol–water partition coefficient (Wildman–Crippen LogP) is 3.08. The lowest BCUT2D eigenvalue weighted by atomic mass is 10.1. The summed E-state index contributed by atoms with van der Waals surface area (Å²) >= 11 is 0. The predicted molar refractivity (Wildman–Crippen MR) is 116 cm³/mol. The van der Waals surface area contributed by atoms with E-state index in [1.165, 1.54) is 37.7 Å². The van der Waals surface area contributed by atoms with E-state index in [1.54, 1.807) is 6.92 Å². The number of amides is 1. The van der Waals surface area contributed by atoms with Crippen molar-refractivity contribution in [3.63, 3.8) is 0 Å². The Labute approximate surface area is 193 Å². The van der Waals surface area contributed by atoms with Crippen molar-refractivity contribution in [3.05, 3.63) is 53.6 Å². The summed E-state index contributed by atoms with van der Waals surface area (Å²) in [6.07, 6.45) is -1.74. The molecule has 2 aromatic heterocycles. The minimum atomic E-state index is -4.73. The van der Waals surface area contributed by atoms with E-state index >= 15 is 0 Å². The van der Waals surface area contributed by atoms with E-state index in [0.29, 0.717) is 18.7 Å². The van der Waals surface area contributed by atoms with Gasteiger partial charge in [-0.05, 0) is 30.7 Å². The van der Waals surface area contributed by atoms with Crippen LogP contribution in [0, 0.1) is 0 Å². The van der Waals surface area contributed by atoms with Crippen molar-refractivity contribution < 1.29 is 31.1 Å². The molecule has 2 N–H and O–H groups in total. The average molecular weight is 495 g/mol. The first kappa shape index (κ1) is 23.5. The monoisotopic (exact) mass is 495 g/mol. The summed E-state index contributed by atoms with van der Waals surface area (Å²) in [7, 11) is -3.09. The number of hydrogen-bond acceptors (Lipinski definition) is 6. The molecule has 0 aliphatic carbocycles. The van der Waals surface area contributed by atoms with E-state index in [-0.39, 0.29) is 45.5 Å². The van der Waals surface area contributed by atoms with Gasteiger partial charge in [0.1, 0.15) is 10.6 Å². The van der Waals surface area contributed by atoms with Crippen LogP contribution >= 0.6 is 0 Å². The average Bonchev–Trinajstić information content (AvgIpc) is 3.24. The van der Waals surface area contributed by atoms with Gasteiger partial charge in [-0.2, -0.15) is 18.3 Å². The summed E-state index contributed by atoms with van der Waals surface area (Å²) in [6.45, 7) is 2.27. The minimum Gasteiger partial charge on any atom is -0.495 e. The number of sulfonamides is 1. The molecule has 13 heteroatoms. The van der Waals surface area contributed by atoms with Crippen molar-refractivity contribution in [1.29, 1.82) is 0 Å². The Morgan fingerprint density at radius 3 is 2.68 bits per heavy atom. The molecule has 0 saturated heterocycles. The molecule has 1 amide bonds. The van der Waals surface area contributed by atoms with Gasteiger partial charge >= 0.3 is 6.18 Å². The summed E-state index contributed by atoms with van der Waals surface area (Å²) in [4.78, 5) is 15.8. The Kier molecular flexibility index (Phi) is 5.98. The van der Waals surface area contributed by atoms with Gasteiger partial charge < -0.3 is 10.1 Å². The largest absolute Gasteiger partial charge is 0.495 e. The smallest absolute Gasteiger partial charge is 0.435 e. The van der Waals surface area contributed by atoms with Gasteiger partial charge in [-0.3, -0.25) is 19.2 Å². The quantitative estimate of drug-likeness (QED) is 0.543. The minimum absolute atomic E-state index is 0.00357. The van der Waals surface area contributed by atoms with Crippen LogP contribution in [0.15, 0.2) is 41.6 Å². The van der Waals surface area contributed by atoms with Crippen LogP contribution in [0.3, 0.4) is 0 Å². The maximum atomic E-state index is 13.6. The topological polar surface area (TPSA) is 115 Å². The molecular weight excluding hydrogens is 475 g/mol. The Bertz CT molecular complexity index is 1370. The maximum Gasteiger partial charge on any atom is 0.435 e. The molecule has 0 radical (unpaired) electrons. The Hall–Kier alpha value is -3.61. The number of rotatable bonds is 6. The van der Waals surface area contributed by atoms with Crippen molar-refractivity contribution >= 4 is 21.6 Å². The lowest BCUT2D eigenvalue weighted by Crippen LogP contribution is -2.32. The number of ether oxygens (including phenoxy) is 1. The summed E-state index contributed by atoms with van der Waals surface area (Å²) in [5.74, 6) is -0.446. The summed E-state index contributed by atoms with van der Waals surface area (Å²) in [5.41, 5.74) is -0.580. The second kappa shape index (κ2) is 8.63. The standard InChI is InChI=1S/C21H20F3N5O4S/c1-3-29-11-15(19(27-29)21(22,23)24)12-4-5-17(33-2)18(8-12)34(31,32)28-13-9-14-16(26-10-13)6-7-25-20(14)30/h4-5,8-11,28H,3,6-7H2,1-2H3,(H,25,30). The van der Waals surface area contributed by atoms with Crippen LogP contribution in [0.4, 0.5) is 18.9 Å². The molecule has 1 aliphatic heterocycles. The first-order valence-corrected chi connectivity index (χ1v) is 11.6. The summed E-state index contributed by atoms with van der Waals surface area (Å²) in [6, 6.07) is 5.05. The molecule has 4 rings (SSSR count). The molecule has 0 spiro atoms. The van der Waals surface area contributed by atoms with Crippen molar-refractivity contribution in [2.45, 2.75) is 31.0 Å². The highest BCUT2D eigenvalue weighted by atomic mass is 32.2. The van der Waals surface area contributed by atoms with Crippen LogP contribution in [0.2, 0.25) is 0 Å². The number of benzene rings is 1. The molecule has 0 saturated carbocycles. The van der Waals surface area contributed by atoms with E-state index in [4.69, 9.17) is 4.74 Å². The van der Waals surface area contributed by atoms with Gasteiger partial charge in [0.15, 0.2) is 5.69 Å². The third kappa shape index (κ3) is 4.42. The molecule has 3 heterocycles. The zero-order valence-corrected chi connectivity index (χ0v) is 18.9. The number of aryl methyl sites for hydroxylation is 1. The molecular formula is C21H20F3N5O4S. The van der Waals surface area contributed by atoms with E-state index < -0.39 is 21.9 Å². The number of fused-ring (bicyclic) bond motifs is 1. The maximum absolute atomic E-state index is 13.6. The number of halogens is 3. The van der Waals surface area contributed by atoms with E-state index in [2.05, 4.69) is 20.1 Å². The number of anilines is 1. The van der Waals surface area contributed by atoms with Crippen molar-refractivity contribution in [2.24, 2.45) is 0 Å². The molecule has 0 atom stereocenters. The van der Waals surface area contributed by atoms with E-state index in [1.807, 2.05) is 0 Å². The SMILES string of the molecule is CCn1cc(-c2ccc(OC)c(S(=O)(=O)Nc3cnc4c(c3)C(=O)NCC4)c2)c(C(F)(F)F)n1.